The molecule has 0 atom stereocenters. The molecule has 2 aromatic rings. The van der Waals surface area contributed by atoms with Crippen LogP contribution in [0.15, 0.2) is 40.9 Å². The summed E-state index contributed by atoms with van der Waals surface area (Å²) in [4.78, 5) is 2.19. The van der Waals surface area contributed by atoms with Gasteiger partial charge < -0.3 is 19.7 Å². The summed E-state index contributed by atoms with van der Waals surface area (Å²) in [6, 6.07) is 11.7. The van der Waals surface area contributed by atoms with Gasteiger partial charge in [0.05, 0.1) is 11.6 Å². The van der Waals surface area contributed by atoms with Crippen LogP contribution in [0.1, 0.15) is 17.5 Å². The minimum atomic E-state index is 0.453. The molecule has 4 nitrogen and oxygen atoms in total. The summed E-state index contributed by atoms with van der Waals surface area (Å²) < 4.78 is 12.4. The molecule has 0 aliphatic heterocycles. The van der Waals surface area contributed by atoms with Crippen molar-refractivity contribution in [3.05, 3.63) is 57.0 Å². The summed E-state index contributed by atoms with van der Waals surface area (Å²) in [7, 11) is 5.83. The second-order valence-electron chi connectivity index (χ2n) is 6.36. The smallest absolute Gasteiger partial charge is 0.175 e. The van der Waals surface area contributed by atoms with Crippen LogP contribution in [0.4, 0.5) is 0 Å². The Labute approximate surface area is 169 Å². The third-order valence-electron chi connectivity index (χ3n) is 3.87. The van der Waals surface area contributed by atoms with E-state index in [1.54, 1.807) is 7.11 Å². The van der Waals surface area contributed by atoms with Gasteiger partial charge in [0, 0.05) is 11.6 Å². The standard InChI is InChI=1S/C20H26BrClN2O2/c1-24(2)10-4-9-23-13-16-11-18(21)20(19(12-16)25-3)26-14-15-5-7-17(22)8-6-15/h5-8,11-12,23H,4,9-10,13-14H2,1-3H3. The normalized spacial score (nSPS) is 11.0. The van der Waals surface area contributed by atoms with Crippen molar-refractivity contribution in [3.63, 3.8) is 0 Å². The summed E-state index contributed by atoms with van der Waals surface area (Å²) in [6.07, 6.45) is 1.12. The molecule has 0 amide bonds. The molecule has 0 saturated heterocycles. The first-order valence-electron chi connectivity index (χ1n) is 8.58. The van der Waals surface area contributed by atoms with Crippen molar-refractivity contribution >= 4 is 27.5 Å². The Morgan fingerprint density at radius 3 is 2.50 bits per heavy atom. The van der Waals surface area contributed by atoms with E-state index < -0.39 is 0 Å². The van der Waals surface area contributed by atoms with Crippen LogP contribution in [0.2, 0.25) is 5.02 Å². The van der Waals surface area contributed by atoms with E-state index in [1.807, 2.05) is 30.3 Å². The molecule has 0 bridgehead atoms. The van der Waals surface area contributed by atoms with Crippen molar-refractivity contribution in [2.24, 2.45) is 0 Å². The van der Waals surface area contributed by atoms with Gasteiger partial charge in [-0.25, -0.2) is 0 Å². The van der Waals surface area contributed by atoms with E-state index in [2.05, 4.69) is 46.3 Å². The molecule has 0 spiro atoms. The summed E-state index contributed by atoms with van der Waals surface area (Å²) >= 11 is 9.52. The van der Waals surface area contributed by atoms with Gasteiger partial charge in [-0.15, -0.1) is 0 Å². The topological polar surface area (TPSA) is 33.7 Å². The van der Waals surface area contributed by atoms with Gasteiger partial charge in [0.15, 0.2) is 11.5 Å². The van der Waals surface area contributed by atoms with Crippen molar-refractivity contribution in [2.75, 3.05) is 34.3 Å². The molecular formula is C20H26BrClN2O2. The third-order valence-corrected chi connectivity index (χ3v) is 4.71. The third kappa shape index (κ3) is 6.80. The Morgan fingerprint density at radius 1 is 1.12 bits per heavy atom. The van der Waals surface area contributed by atoms with Gasteiger partial charge in [-0.1, -0.05) is 23.7 Å². The van der Waals surface area contributed by atoms with E-state index >= 15 is 0 Å². The maximum absolute atomic E-state index is 5.97. The molecule has 0 radical (unpaired) electrons. The van der Waals surface area contributed by atoms with Crippen LogP contribution in [0.3, 0.4) is 0 Å². The predicted molar refractivity (Wildman–Crippen MR) is 111 cm³/mol. The predicted octanol–water partition coefficient (Wildman–Crippen LogP) is 4.73. The average molecular weight is 442 g/mol. The molecule has 0 unspecified atom stereocenters. The fraction of sp³-hybridized carbons (Fsp3) is 0.400. The summed E-state index contributed by atoms with van der Waals surface area (Å²) in [5.74, 6) is 1.43. The summed E-state index contributed by atoms with van der Waals surface area (Å²) in [5, 5.41) is 4.18. The van der Waals surface area contributed by atoms with Crippen LogP contribution in [-0.4, -0.2) is 39.2 Å². The van der Waals surface area contributed by atoms with Gasteiger partial charge in [-0.05, 0) is 84.9 Å². The van der Waals surface area contributed by atoms with Gasteiger partial charge >= 0.3 is 0 Å². The van der Waals surface area contributed by atoms with Crippen molar-refractivity contribution in [1.82, 2.24) is 10.2 Å². The van der Waals surface area contributed by atoms with E-state index in [1.165, 1.54) is 0 Å². The highest BCUT2D eigenvalue weighted by Gasteiger charge is 2.12. The minimum absolute atomic E-state index is 0.453. The zero-order valence-electron chi connectivity index (χ0n) is 15.5. The van der Waals surface area contributed by atoms with Crippen LogP contribution in [0.5, 0.6) is 11.5 Å². The first kappa shape index (κ1) is 21.0. The largest absolute Gasteiger partial charge is 0.493 e. The van der Waals surface area contributed by atoms with Gasteiger partial charge in [0.1, 0.15) is 6.61 Å². The van der Waals surface area contributed by atoms with E-state index in [0.717, 1.165) is 52.4 Å². The van der Waals surface area contributed by atoms with E-state index in [0.29, 0.717) is 12.4 Å². The van der Waals surface area contributed by atoms with Crippen LogP contribution in [0.25, 0.3) is 0 Å². The average Bonchev–Trinajstić information content (AvgIpc) is 2.61. The highest BCUT2D eigenvalue weighted by Crippen LogP contribution is 2.37. The summed E-state index contributed by atoms with van der Waals surface area (Å²) in [5.41, 5.74) is 2.20. The van der Waals surface area contributed by atoms with Crippen molar-refractivity contribution in [3.8, 4) is 11.5 Å². The Hall–Kier alpha value is -1.27. The van der Waals surface area contributed by atoms with E-state index in [4.69, 9.17) is 21.1 Å². The van der Waals surface area contributed by atoms with Crippen molar-refractivity contribution in [2.45, 2.75) is 19.6 Å². The lowest BCUT2D eigenvalue weighted by Crippen LogP contribution is -2.21. The second-order valence-corrected chi connectivity index (χ2v) is 7.65. The minimum Gasteiger partial charge on any atom is -0.493 e. The number of benzene rings is 2. The maximum atomic E-state index is 5.97. The molecule has 2 rings (SSSR count). The van der Waals surface area contributed by atoms with E-state index in [-0.39, 0.29) is 0 Å². The lowest BCUT2D eigenvalue weighted by Gasteiger charge is -2.15. The number of ether oxygens (including phenoxy) is 2. The van der Waals surface area contributed by atoms with Crippen molar-refractivity contribution in [1.29, 1.82) is 0 Å². The van der Waals surface area contributed by atoms with Crippen LogP contribution in [-0.2, 0) is 13.2 Å². The first-order valence-corrected chi connectivity index (χ1v) is 9.76. The number of methoxy groups -OCH3 is 1. The Kier molecular flexibility index (Phi) is 8.72. The molecule has 26 heavy (non-hydrogen) atoms. The van der Waals surface area contributed by atoms with Gasteiger partial charge in [0.2, 0.25) is 0 Å². The quantitative estimate of drug-likeness (QED) is 0.540. The molecule has 2 aromatic carbocycles. The molecular weight excluding hydrogens is 416 g/mol. The number of hydrogen-bond acceptors (Lipinski definition) is 4. The van der Waals surface area contributed by atoms with Gasteiger partial charge in [0.25, 0.3) is 0 Å². The number of nitrogens with one attached hydrogen (secondary N) is 1. The van der Waals surface area contributed by atoms with Gasteiger partial charge in [-0.3, -0.25) is 0 Å². The first-order chi connectivity index (χ1) is 12.5. The fourth-order valence-electron chi connectivity index (χ4n) is 2.50. The molecule has 0 fully saturated rings. The zero-order chi connectivity index (χ0) is 18.9. The number of halogens is 2. The Morgan fingerprint density at radius 2 is 1.85 bits per heavy atom. The monoisotopic (exact) mass is 440 g/mol. The fourth-order valence-corrected chi connectivity index (χ4v) is 3.23. The van der Waals surface area contributed by atoms with E-state index in [9.17, 15) is 0 Å². The lowest BCUT2D eigenvalue weighted by atomic mass is 10.2. The second kappa shape index (κ2) is 10.8. The van der Waals surface area contributed by atoms with Gasteiger partial charge in [-0.2, -0.15) is 0 Å². The number of nitrogens with zero attached hydrogens (tertiary/aromatic N) is 1. The molecule has 0 aromatic heterocycles. The van der Waals surface area contributed by atoms with Crippen LogP contribution < -0.4 is 14.8 Å². The highest BCUT2D eigenvalue weighted by atomic mass is 79.9. The lowest BCUT2D eigenvalue weighted by molar-refractivity contribution is 0.282. The summed E-state index contributed by atoms with van der Waals surface area (Å²) in [6.45, 7) is 3.30. The molecule has 0 aliphatic carbocycles. The highest BCUT2D eigenvalue weighted by molar-refractivity contribution is 9.10. The molecule has 0 saturated carbocycles. The van der Waals surface area contributed by atoms with Crippen molar-refractivity contribution < 1.29 is 9.47 Å². The SMILES string of the molecule is COc1cc(CNCCCN(C)C)cc(Br)c1OCc1ccc(Cl)cc1. The zero-order valence-corrected chi connectivity index (χ0v) is 17.9. The van der Waals surface area contributed by atoms with Crippen LogP contribution >= 0.6 is 27.5 Å². The number of hydrogen-bond donors (Lipinski definition) is 1. The Bertz CT molecular complexity index is 693. The van der Waals surface area contributed by atoms with Crippen LogP contribution in [0, 0.1) is 0 Å². The molecule has 6 heteroatoms. The molecule has 1 N–H and O–H groups in total. The maximum Gasteiger partial charge on any atom is 0.175 e. The molecule has 142 valence electrons. The number of rotatable bonds is 10. The Balaban J connectivity index is 1.96. The molecule has 0 aliphatic rings. The molecule has 0 heterocycles.